The van der Waals surface area contributed by atoms with E-state index >= 15 is 0 Å². The second-order valence-corrected chi connectivity index (χ2v) is 5.43. The summed E-state index contributed by atoms with van der Waals surface area (Å²) >= 11 is -1.05. The second kappa shape index (κ2) is 6.43. The Morgan fingerprint density at radius 2 is 1.67 bits per heavy atom. The van der Waals surface area contributed by atoms with Crippen molar-refractivity contribution in [2.75, 3.05) is 0 Å². The van der Waals surface area contributed by atoms with Crippen LogP contribution in [0, 0.1) is 6.92 Å². The molecule has 1 atom stereocenters. The van der Waals surface area contributed by atoms with Crippen molar-refractivity contribution in [3.63, 3.8) is 0 Å². The molecule has 0 bridgehead atoms. The molecule has 0 aromatic heterocycles. The lowest BCUT2D eigenvalue weighted by Crippen LogP contribution is -1.99. The quantitative estimate of drug-likeness (QED) is 0.762. The van der Waals surface area contributed by atoms with Gasteiger partial charge in [0, 0.05) is 16.7 Å². The van der Waals surface area contributed by atoms with Crippen molar-refractivity contribution in [1.29, 1.82) is 0 Å². The molecule has 2 rings (SSSR count). The van der Waals surface area contributed by atoms with Gasteiger partial charge in [-0.25, -0.2) is 0 Å². The Kier molecular flexibility index (Phi) is 4.62. The summed E-state index contributed by atoms with van der Waals surface area (Å²) < 4.78 is 12.1. The fraction of sp³-hybridized carbons (Fsp3) is 0.125. The van der Waals surface area contributed by atoms with Gasteiger partial charge in [0.05, 0.1) is 0 Å². The van der Waals surface area contributed by atoms with Crippen molar-refractivity contribution in [1.82, 2.24) is 0 Å². The van der Waals surface area contributed by atoms with Gasteiger partial charge >= 0.3 is 0 Å². The van der Waals surface area contributed by atoms with Crippen LogP contribution < -0.4 is 0 Å². The van der Waals surface area contributed by atoms with Crippen LogP contribution in [0.2, 0.25) is 0 Å². The first kappa shape index (κ1) is 12.9. The minimum Gasteiger partial charge on any atom is -0.607 e. The molecule has 0 saturated carbocycles. The zero-order valence-electron chi connectivity index (χ0n) is 10.4. The van der Waals surface area contributed by atoms with Crippen molar-refractivity contribution in [3.05, 3.63) is 77.2 Å². The molecule has 2 heteroatoms. The van der Waals surface area contributed by atoms with Crippen LogP contribution in [-0.4, -0.2) is 4.55 Å². The number of allylic oxidation sites excluding steroid dienone is 1. The highest BCUT2D eigenvalue weighted by atomic mass is 32.2. The Balaban J connectivity index is 2.00. The third-order valence-corrected chi connectivity index (χ3v) is 4.06. The highest BCUT2D eigenvalue weighted by Gasteiger charge is 2.09. The maximum absolute atomic E-state index is 12.1. The molecule has 0 aliphatic carbocycles. The molecular formula is C16H16OS. The van der Waals surface area contributed by atoms with Crippen LogP contribution in [0.4, 0.5) is 0 Å². The molecule has 0 spiro atoms. The van der Waals surface area contributed by atoms with E-state index in [1.807, 2.05) is 55.5 Å². The standard InChI is InChI=1S/C16H16OS/c1-14-8-5-6-12-16(14)18(17)13-7-11-15-9-3-2-4-10-15/h2-10,12-13H,11H2,1H3. The Bertz CT molecular complexity index is 520. The Morgan fingerprint density at radius 1 is 1.00 bits per heavy atom. The predicted molar refractivity (Wildman–Crippen MR) is 76.9 cm³/mol. The lowest BCUT2D eigenvalue weighted by molar-refractivity contribution is 0.603. The van der Waals surface area contributed by atoms with Crippen LogP contribution in [0.15, 0.2) is 71.0 Å². The van der Waals surface area contributed by atoms with Crippen molar-refractivity contribution in [2.45, 2.75) is 18.2 Å². The third-order valence-electron chi connectivity index (χ3n) is 2.73. The number of aryl methyl sites for hydroxylation is 1. The molecule has 18 heavy (non-hydrogen) atoms. The zero-order chi connectivity index (χ0) is 12.8. The molecule has 1 unspecified atom stereocenters. The van der Waals surface area contributed by atoms with E-state index in [0.717, 1.165) is 16.9 Å². The van der Waals surface area contributed by atoms with Crippen LogP contribution in [0.5, 0.6) is 0 Å². The van der Waals surface area contributed by atoms with E-state index in [-0.39, 0.29) is 0 Å². The molecule has 1 nitrogen and oxygen atoms in total. The maximum atomic E-state index is 12.1. The van der Waals surface area contributed by atoms with Crippen molar-refractivity contribution < 1.29 is 4.55 Å². The molecule has 2 aromatic carbocycles. The monoisotopic (exact) mass is 256 g/mol. The van der Waals surface area contributed by atoms with Crippen molar-refractivity contribution >= 4 is 11.2 Å². The first-order valence-corrected chi connectivity index (χ1v) is 7.15. The largest absolute Gasteiger partial charge is 0.607 e. The Morgan fingerprint density at radius 3 is 2.39 bits per heavy atom. The van der Waals surface area contributed by atoms with E-state index in [4.69, 9.17) is 0 Å². The van der Waals surface area contributed by atoms with E-state index in [0.29, 0.717) is 0 Å². The van der Waals surface area contributed by atoms with Crippen molar-refractivity contribution in [2.24, 2.45) is 0 Å². The Hall–Kier alpha value is -1.51. The average Bonchev–Trinajstić information content (AvgIpc) is 2.40. The summed E-state index contributed by atoms with van der Waals surface area (Å²) in [6.07, 6.45) is 2.79. The van der Waals surface area contributed by atoms with E-state index in [2.05, 4.69) is 12.1 Å². The van der Waals surface area contributed by atoms with Gasteiger partial charge < -0.3 is 4.55 Å². The average molecular weight is 256 g/mol. The van der Waals surface area contributed by atoms with Crippen LogP contribution >= 0.6 is 0 Å². The van der Waals surface area contributed by atoms with E-state index in [1.54, 1.807) is 5.41 Å². The zero-order valence-corrected chi connectivity index (χ0v) is 11.2. The second-order valence-electron chi connectivity index (χ2n) is 4.12. The maximum Gasteiger partial charge on any atom is 0.160 e. The smallest absolute Gasteiger partial charge is 0.160 e. The number of hydrogen-bond acceptors (Lipinski definition) is 1. The topological polar surface area (TPSA) is 23.1 Å². The van der Waals surface area contributed by atoms with E-state index < -0.39 is 11.2 Å². The summed E-state index contributed by atoms with van der Waals surface area (Å²) in [7, 11) is 0. The summed E-state index contributed by atoms with van der Waals surface area (Å²) in [5.41, 5.74) is 2.30. The first-order valence-electron chi connectivity index (χ1n) is 5.94. The minimum atomic E-state index is -1.05. The summed E-state index contributed by atoms with van der Waals surface area (Å²) in [5, 5.41) is 1.77. The van der Waals surface area contributed by atoms with Crippen molar-refractivity contribution in [3.8, 4) is 0 Å². The fourth-order valence-corrected chi connectivity index (χ4v) is 2.76. The summed E-state index contributed by atoms with van der Waals surface area (Å²) in [6.45, 7) is 1.98. The fourth-order valence-electron chi connectivity index (χ4n) is 1.74. The molecule has 2 aromatic rings. The Labute approximate surface area is 111 Å². The number of rotatable bonds is 4. The molecule has 0 radical (unpaired) electrons. The molecule has 0 N–H and O–H groups in total. The summed E-state index contributed by atoms with van der Waals surface area (Å²) in [6, 6.07) is 18.0. The molecule has 92 valence electrons. The van der Waals surface area contributed by atoms with E-state index in [1.165, 1.54) is 5.56 Å². The van der Waals surface area contributed by atoms with Gasteiger partial charge in [-0.3, -0.25) is 0 Å². The van der Waals surface area contributed by atoms with Crippen LogP contribution in [0.3, 0.4) is 0 Å². The van der Waals surface area contributed by atoms with Gasteiger partial charge in [0.1, 0.15) is 5.41 Å². The van der Waals surface area contributed by atoms with E-state index in [9.17, 15) is 4.55 Å². The highest BCUT2D eigenvalue weighted by Crippen LogP contribution is 2.17. The predicted octanol–water partition coefficient (Wildman–Crippen LogP) is 3.86. The summed E-state index contributed by atoms with van der Waals surface area (Å²) in [4.78, 5) is 0.891. The van der Waals surface area contributed by atoms with Gasteiger partial charge in [-0.05, 0) is 31.1 Å². The molecular weight excluding hydrogens is 240 g/mol. The summed E-state index contributed by atoms with van der Waals surface area (Å²) in [5.74, 6) is 0. The molecule has 0 aliphatic rings. The van der Waals surface area contributed by atoms with Gasteiger partial charge in [0.25, 0.3) is 0 Å². The lowest BCUT2D eigenvalue weighted by Gasteiger charge is -2.07. The highest BCUT2D eigenvalue weighted by molar-refractivity contribution is 7.94. The van der Waals surface area contributed by atoms with Gasteiger partial charge in [0.2, 0.25) is 0 Å². The molecule has 0 aliphatic heterocycles. The minimum absolute atomic E-state index is 0.818. The normalized spacial score (nSPS) is 12.8. The lowest BCUT2D eigenvalue weighted by atomic mass is 10.2. The van der Waals surface area contributed by atoms with Crippen LogP contribution in [0.1, 0.15) is 11.1 Å². The van der Waals surface area contributed by atoms with Crippen LogP contribution in [0.25, 0.3) is 0 Å². The number of hydrogen-bond donors (Lipinski definition) is 0. The van der Waals surface area contributed by atoms with Gasteiger partial charge in [-0.1, -0.05) is 48.5 Å². The first-order chi connectivity index (χ1) is 8.77. The van der Waals surface area contributed by atoms with Gasteiger partial charge in [-0.2, -0.15) is 0 Å². The van der Waals surface area contributed by atoms with Gasteiger partial charge in [0.15, 0.2) is 4.90 Å². The van der Waals surface area contributed by atoms with Crippen LogP contribution in [-0.2, 0) is 17.6 Å². The molecule has 0 fully saturated rings. The van der Waals surface area contributed by atoms with Gasteiger partial charge in [-0.15, -0.1) is 0 Å². The molecule has 0 amide bonds. The number of benzene rings is 2. The molecule has 0 heterocycles. The SMILES string of the molecule is Cc1ccccc1[S+]([O-])C=CCc1ccccc1. The molecule has 0 saturated heterocycles. The third kappa shape index (κ3) is 3.49.